The van der Waals surface area contributed by atoms with Crippen molar-refractivity contribution in [2.45, 2.75) is 43.2 Å². The molecular formula is C16H16F3NO3S. The van der Waals surface area contributed by atoms with Crippen LogP contribution in [0, 0.1) is 11.6 Å². The van der Waals surface area contributed by atoms with E-state index in [2.05, 4.69) is 5.16 Å². The predicted octanol–water partition coefficient (Wildman–Crippen LogP) is 4.15. The smallest absolute Gasteiger partial charge is 0.181 e. The van der Waals surface area contributed by atoms with E-state index in [4.69, 9.17) is 4.52 Å². The van der Waals surface area contributed by atoms with E-state index in [1.54, 1.807) is 0 Å². The van der Waals surface area contributed by atoms with Crippen LogP contribution in [0.3, 0.4) is 0 Å². The molecule has 24 heavy (non-hydrogen) atoms. The van der Waals surface area contributed by atoms with E-state index in [1.807, 2.05) is 0 Å². The van der Waals surface area contributed by atoms with Gasteiger partial charge in [-0.25, -0.2) is 21.6 Å². The molecule has 0 amide bonds. The number of aromatic nitrogens is 1. The number of hydrogen-bond acceptors (Lipinski definition) is 4. The van der Waals surface area contributed by atoms with Crippen LogP contribution in [0.5, 0.6) is 0 Å². The highest BCUT2D eigenvalue weighted by molar-refractivity contribution is 7.90. The van der Waals surface area contributed by atoms with Gasteiger partial charge in [-0.3, -0.25) is 0 Å². The lowest BCUT2D eigenvalue weighted by atomic mass is 9.94. The summed E-state index contributed by atoms with van der Waals surface area (Å²) in [5, 5.41) is 3.90. The Morgan fingerprint density at radius 1 is 1.21 bits per heavy atom. The lowest BCUT2D eigenvalue weighted by Gasteiger charge is -2.10. The fourth-order valence-corrected chi connectivity index (χ4v) is 4.10. The van der Waals surface area contributed by atoms with Crippen LogP contribution in [-0.4, -0.2) is 19.8 Å². The minimum atomic E-state index is -4.05. The van der Waals surface area contributed by atoms with E-state index in [1.165, 1.54) is 0 Å². The molecule has 2 aromatic rings. The number of benzene rings is 1. The number of nitrogens with zero attached hydrogens (tertiary/aromatic N) is 1. The maximum atomic E-state index is 14.2. The molecule has 0 saturated heterocycles. The Kier molecular flexibility index (Phi) is 4.42. The highest BCUT2D eigenvalue weighted by atomic mass is 32.2. The Morgan fingerprint density at radius 2 is 1.79 bits per heavy atom. The molecule has 3 rings (SSSR count). The van der Waals surface area contributed by atoms with Gasteiger partial charge in [-0.1, -0.05) is 18.0 Å². The van der Waals surface area contributed by atoms with Gasteiger partial charge in [-0.05, 0) is 30.5 Å². The van der Waals surface area contributed by atoms with Gasteiger partial charge >= 0.3 is 0 Å². The van der Waals surface area contributed by atoms with Gasteiger partial charge in [0, 0.05) is 12.2 Å². The van der Waals surface area contributed by atoms with Crippen molar-refractivity contribution in [1.82, 2.24) is 5.16 Å². The van der Waals surface area contributed by atoms with E-state index < -0.39 is 33.0 Å². The van der Waals surface area contributed by atoms with Crippen LogP contribution in [0.2, 0.25) is 0 Å². The van der Waals surface area contributed by atoms with Crippen LogP contribution in [0.1, 0.15) is 43.1 Å². The van der Waals surface area contributed by atoms with Gasteiger partial charge in [0.15, 0.2) is 22.3 Å². The molecule has 130 valence electrons. The van der Waals surface area contributed by atoms with Crippen molar-refractivity contribution < 1.29 is 26.1 Å². The molecule has 1 aromatic heterocycles. The summed E-state index contributed by atoms with van der Waals surface area (Å²) in [6, 6.07) is 1.78. The Balaban J connectivity index is 2.17. The summed E-state index contributed by atoms with van der Waals surface area (Å²) < 4.78 is 69.6. The Morgan fingerprint density at radius 3 is 2.29 bits per heavy atom. The van der Waals surface area contributed by atoms with E-state index in [0.717, 1.165) is 44.1 Å². The lowest BCUT2D eigenvalue weighted by Crippen LogP contribution is -2.05. The third-order valence-corrected chi connectivity index (χ3v) is 5.44. The molecule has 0 atom stereocenters. The summed E-state index contributed by atoms with van der Waals surface area (Å²) in [7, 11) is -4.05. The molecule has 0 bridgehead atoms. The van der Waals surface area contributed by atoms with Crippen LogP contribution < -0.4 is 0 Å². The second kappa shape index (κ2) is 6.23. The zero-order valence-corrected chi connectivity index (χ0v) is 13.8. The number of hydrogen-bond donors (Lipinski definition) is 0. The molecule has 1 aliphatic carbocycles. The van der Waals surface area contributed by atoms with Crippen molar-refractivity contribution in [1.29, 1.82) is 0 Å². The summed E-state index contributed by atoms with van der Waals surface area (Å²) in [4.78, 5) is -0.994. The van der Waals surface area contributed by atoms with Crippen LogP contribution in [0.15, 0.2) is 21.6 Å². The average Bonchev–Trinajstić information content (AvgIpc) is 3.13. The van der Waals surface area contributed by atoms with Crippen molar-refractivity contribution in [2.75, 3.05) is 6.26 Å². The van der Waals surface area contributed by atoms with E-state index >= 15 is 0 Å². The molecule has 1 fully saturated rings. The molecule has 1 heterocycles. The third-order valence-electron chi connectivity index (χ3n) is 4.31. The normalized spacial score (nSPS) is 16.0. The van der Waals surface area contributed by atoms with Crippen LogP contribution in [-0.2, 0) is 16.5 Å². The molecule has 4 nitrogen and oxygen atoms in total. The Bertz CT molecular complexity index is 848. The van der Waals surface area contributed by atoms with Crippen molar-refractivity contribution in [2.24, 2.45) is 0 Å². The van der Waals surface area contributed by atoms with Gasteiger partial charge < -0.3 is 4.52 Å². The molecule has 0 unspecified atom stereocenters. The van der Waals surface area contributed by atoms with Gasteiger partial charge in [-0.15, -0.1) is 0 Å². The highest BCUT2D eigenvalue weighted by Gasteiger charge is 2.29. The first kappa shape index (κ1) is 17.0. The minimum Gasteiger partial charge on any atom is -0.358 e. The first-order chi connectivity index (χ1) is 11.3. The van der Waals surface area contributed by atoms with Crippen molar-refractivity contribution in [3.63, 3.8) is 0 Å². The fraction of sp³-hybridized carbons (Fsp3) is 0.438. The van der Waals surface area contributed by atoms with Gasteiger partial charge in [0.05, 0.1) is 11.3 Å². The lowest BCUT2D eigenvalue weighted by molar-refractivity contribution is 0.325. The first-order valence-corrected chi connectivity index (χ1v) is 9.46. The maximum absolute atomic E-state index is 14.2. The number of alkyl halides is 1. The van der Waals surface area contributed by atoms with Crippen molar-refractivity contribution in [3.05, 3.63) is 35.2 Å². The molecule has 0 N–H and O–H groups in total. The van der Waals surface area contributed by atoms with Crippen LogP contribution in [0.25, 0.3) is 11.1 Å². The van der Waals surface area contributed by atoms with Crippen LogP contribution in [0.4, 0.5) is 13.2 Å². The zero-order valence-electron chi connectivity index (χ0n) is 13.0. The fourth-order valence-electron chi connectivity index (χ4n) is 3.27. The van der Waals surface area contributed by atoms with Gasteiger partial charge in [0.1, 0.15) is 16.5 Å². The molecule has 1 aromatic carbocycles. The van der Waals surface area contributed by atoms with Crippen molar-refractivity contribution >= 4 is 9.84 Å². The van der Waals surface area contributed by atoms with Gasteiger partial charge in [0.25, 0.3) is 0 Å². The molecule has 0 radical (unpaired) electrons. The summed E-state index contributed by atoms with van der Waals surface area (Å²) >= 11 is 0. The van der Waals surface area contributed by atoms with Crippen molar-refractivity contribution in [3.8, 4) is 11.1 Å². The van der Waals surface area contributed by atoms with Gasteiger partial charge in [0.2, 0.25) is 0 Å². The van der Waals surface area contributed by atoms with E-state index in [-0.39, 0.29) is 22.8 Å². The molecule has 8 heteroatoms. The summed E-state index contributed by atoms with van der Waals surface area (Å²) in [5.41, 5.74) is 0.738. The van der Waals surface area contributed by atoms with E-state index in [9.17, 15) is 21.6 Å². The Labute approximate surface area is 137 Å². The number of sulfone groups is 1. The molecule has 0 spiro atoms. The maximum Gasteiger partial charge on any atom is 0.181 e. The molecule has 1 saturated carbocycles. The minimum absolute atomic E-state index is 0.0354. The quantitative estimate of drug-likeness (QED) is 0.823. The molecular weight excluding hydrogens is 343 g/mol. The first-order valence-electron chi connectivity index (χ1n) is 7.56. The monoisotopic (exact) mass is 359 g/mol. The second-order valence-corrected chi connectivity index (χ2v) is 7.97. The molecule has 1 aliphatic rings. The average molecular weight is 359 g/mol. The predicted molar refractivity (Wildman–Crippen MR) is 81.0 cm³/mol. The largest absolute Gasteiger partial charge is 0.358 e. The van der Waals surface area contributed by atoms with Gasteiger partial charge in [-0.2, -0.15) is 0 Å². The number of rotatable bonds is 4. The SMILES string of the molecule is CS(=O)(=O)c1c(F)cc(-c2c(C3CCCC3)noc2CF)cc1F. The summed E-state index contributed by atoms with van der Waals surface area (Å²) in [6.45, 7) is -0.966. The summed E-state index contributed by atoms with van der Waals surface area (Å²) in [5.74, 6) is -2.49. The van der Waals surface area contributed by atoms with Crippen LogP contribution >= 0.6 is 0 Å². The molecule has 0 aliphatic heterocycles. The Hall–Kier alpha value is -1.83. The van der Waals surface area contributed by atoms with E-state index in [0.29, 0.717) is 5.69 Å². The number of halogens is 3. The highest BCUT2D eigenvalue weighted by Crippen LogP contribution is 2.41. The third kappa shape index (κ3) is 2.94. The zero-order chi connectivity index (χ0) is 17.5. The second-order valence-electron chi connectivity index (χ2n) is 6.02. The summed E-state index contributed by atoms with van der Waals surface area (Å²) in [6.07, 6.45) is 4.41. The topological polar surface area (TPSA) is 60.2 Å². The standard InChI is InChI=1S/C16H16F3NO3S/c1-24(21,22)16-11(18)6-10(7-12(16)19)14-13(8-17)23-20-15(14)9-4-2-3-5-9/h6-7,9H,2-5,8H2,1H3.